The summed E-state index contributed by atoms with van der Waals surface area (Å²) in [5.74, 6) is 0.632. The predicted octanol–water partition coefficient (Wildman–Crippen LogP) is -0.408. The van der Waals surface area contributed by atoms with E-state index >= 15 is 0 Å². The Bertz CT molecular complexity index is 128. The van der Waals surface area contributed by atoms with Gasteiger partial charge in [0.2, 0.25) is 0 Å². The number of nitrogens with two attached hydrogens (primary N) is 1. The van der Waals surface area contributed by atoms with E-state index in [1.807, 2.05) is 7.05 Å². The van der Waals surface area contributed by atoms with Gasteiger partial charge < -0.3 is 5.73 Å². The summed E-state index contributed by atoms with van der Waals surface area (Å²) in [6.07, 6.45) is 0. The molecule has 0 bridgehead atoms. The molecule has 0 heterocycles. The number of nitrogens with zero attached hydrogens (tertiary/aromatic N) is 1. The van der Waals surface area contributed by atoms with Crippen LogP contribution < -0.4 is 10.7 Å². The average Bonchev–Trinajstić information content (AvgIpc) is 1.60. The van der Waals surface area contributed by atoms with Gasteiger partial charge in [0.05, 0.1) is 7.05 Å². The Morgan fingerprint density at radius 3 is 1.90 bits per heavy atom. The molecular weight excluding hydrogens is 126 g/mol. The quantitative estimate of drug-likeness (QED) is 0.293. The Hall–Kier alpha value is -0.570. The highest BCUT2D eigenvalue weighted by Gasteiger charge is 2.20. The fourth-order valence-corrected chi connectivity index (χ4v) is 0.432. The van der Waals surface area contributed by atoms with Crippen LogP contribution in [0.5, 0.6) is 0 Å². The van der Waals surface area contributed by atoms with Crippen molar-refractivity contribution in [2.75, 3.05) is 7.05 Å². The lowest BCUT2D eigenvalue weighted by Gasteiger charge is -2.22. The van der Waals surface area contributed by atoms with E-state index in [9.17, 15) is 0 Å². The third kappa shape index (κ3) is 3.45. The summed E-state index contributed by atoms with van der Waals surface area (Å²) in [6, 6.07) is 0. The second kappa shape index (κ2) is 3.01. The van der Waals surface area contributed by atoms with Crippen molar-refractivity contribution >= 4 is 5.84 Å². The first-order valence-electron chi connectivity index (χ1n) is 3.49. The van der Waals surface area contributed by atoms with E-state index < -0.39 is 0 Å². The van der Waals surface area contributed by atoms with Crippen LogP contribution in [0.3, 0.4) is 0 Å². The number of amidine groups is 1. The second-order valence-electron chi connectivity index (χ2n) is 3.59. The molecule has 0 saturated carbocycles. The normalized spacial score (nSPS) is 17.1. The van der Waals surface area contributed by atoms with Gasteiger partial charge in [-0.15, -0.1) is 0 Å². The Balaban J connectivity index is 4.11. The van der Waals surface area contributed by atoms with E-state index in [1.165, 1.54) is 0 Å². The molecule has 0 aliphatic carbocycles. The first-order valence-corrected chi connectivity index (χ1v) is 3.49. The van der Waals surface area contributed by atoms with E-state index in [0.29, 0.717) is 5.84 Å². The molecule has 10 heavy (non-hydrogen) atoms. The van der Waals surface area contributed by atoms with Crippen molar-refractivity contribution in [1.82, 2.24) is 0 Å². The molecule has 3 nitrogen and oxygen atoms in total. The van der Waals surface area contributed by atoms with E-state index in [2.05, 4.69) is 25.9 Å². The Morgan fingerprint density at radius 1 is 1.40 bits per heavy atom. The van der Waals surface area contributed by atoms with Crippen LogP contribution in [0.4, 0.5) is 0 Å². The predicted molar refractivity (Wildman–Crippen MR) is 43.9 cm³/mol. The van der Waals surface area contributed by atoms with Gasteiger partial charge in [-0.25, -0.2) is 5.01 Å². The minimum atomic E-state index is 0.140. The molecule has 0 aromatic carbocycles. The lowest BCUT2D eigenvalue weighted by molar-refractivity contribution is -0.934. The third-order valence-electron chi connectivity index (χ3n) is 1.43. The maximum Gasteiger partial charge on any atom is 0.152 e. The minimum Gasteiger partial charge on any atom is -0.383 e. The summed E-state index contributed by atoms with van der Waals surface area (Å²) in [7, 11) is 2.00. The molecule has 1 atom stereocenters. The summed E-state index contributed by atoms with van der Waals surface area (Å²) >= 11 is 0. The zero-order chi connectivity index (χ0) is 8.36. The topological polar surface area (TPSA) is 42.8 Å². The minimum absolute atomic E-state index is 0.140. The van der Waals surface area contributed by atoms with Gasteiger partial charge in [-0.3, -0.25) is 0 Å². The maximum absolute atomic E-state index is 5.42. The van der Waals surface area contributed by atoms with Gasteiger partial charge in [0, 0.05) is 0 Å². The second-order valence-corrected chi connectivity index (χ2v) is 3.59. The summed E-state index contributed by atoms with van der Waals surface area (Å²) in [5.41, 5.74) is 5.56. The Kier molecular flexibility index (Phi) is 2.84. The molecule has 0 aromatic heterocycles. The van der Waals surface area contributed by atoms with Crippen molar-refractivity contribution in [3.8, 4) is 0 Å². The summed E-state index contributed by atoms with van der Waals surface area (Å²) < 4.78 is 0. The fraction of sp³-hybridized carbons (Fsp3) is 0.857. The fourth-order valence-electron chi connectivity index (χ4n) is 0.432. The lowest BCUT2D eigenvalue weighted by atomic mass is 10.1. The lowest BCUT2D eigenvalue weighted by Crippen LogP contribution is -3.12. The van der Waals surface area contributed by atoms with E-state index in [4.69, 9.17) is 5.73 Å². The number of hydrogen-bond acceptors (Lipinski definition) is 1. The molecule has 0 aromatic rings. The van der Waals surface area contributed by atoms with Gasteiger partial charge in [0.15, 0.2) is 5.84 Å². The van der Waals surface area contributed by atoms with Gasteiger partial charge in [-0.2, -0.15) is 0 Å². The molecule has 1 unspecified atom stereocenters. The highest BCUT2D eigenvalue weighted by Crippen LogP contribution is 1.90. The van der Waals surface area contributed by atoms with Crippen LogP contribution in [0.25, 0.3) is 0 Å². The van der Waals surface area contributed by atoms with Crippen LogP contribution in [-0.2, 0) is 0 Å². The highest BCUT2D eigenvalue weighted by molar-refractivity contribution is 5.76. The molecule has 0 fully saturated rings. The smallest absolute Gasteiger partial charge is 0.152 e. The van der Waals surface area contributed by atoms with Gasteiger partial charge >= 0.3 is 0 Å². The number of hydrogen-bond donors (Lipinski definition) is 2. The van der Waals surface area contributed by atoms with Crippen molar-refractivity contribution in [2.45, 2.75) is 33.2 Å². The molecule has 3 N–H and O–H groups in total. The number of rotatable bonds is 1. The largest absolute Gasteiger partial charge is 0.383 e. The molecule has 0 radical (unpaired) electrons. The van der Waals surface area contributed by atoms with Crippen molar-refractivity contribution < 1.29 is 5.01 Å². The SMILES string of the molecule is C/C(N)=N\[NH+](C)C(C)(C)C. The Labute approximate surface area is 62.9 Å². The average molecular weight is 144 g/mol. The standard InChI is InChI=1S/C7H17N3/c1-6(8)9-10(5)7(2,3)4/h1-5H3,(H2,8,9)/p+1. The van der Waals surface area contributed by atoms with Crippen molar-refractivity contribution in [3.63, 3.8) is 0 Å². The zero-order valence-electron chi connectivity index (χ0n) is 7.52. The highest BCUT2D eigenvalue weighted by atomic mass is 15.5. The van der Waals surface area contributed by atoms with E-state index in [-0.39, 0.29) is 5.54 Å². The molecule has 0 rings (SSSR count). The van der Waals surface area contributed by atoms with Gasteiger partial charge in [-0.05, 0) is 27.7 Å². The first kappa shape index (κ1) is 9.43. The molecular formula is C7H18N3+. The number of nitrogens with one attached hydrogen (secondary N) is 1. The van der Waals surface area contributed by atoms with Gasteiger partial charge in [0.1, 0.15) is 5.54 Å². The maximum atomic E-state index is 5.42. The first-order chi connectivity index (χ1) is 4.34. The Morgan fingerprint density at radius 2 is 1.80 bits per heavy atom. The summed E-state index contributed by atoms with van der Waals surface area (Å²) in [4.78, 5) is 0. The monoisotopic (exact) mass is 144 g/mol. The van der Waals surface area contributed by atoms with Crippen LogP contribution in [-0.4, -0.2) is 18.4 Å². The molecule has 0 spiro atoms. The van der Waals surface area contributed by atoms with Gasteiger partial charge in [-0.1, -0.05) is 5.10 Å². The van der Waals surface area contributed by atoms with Crippen molar-refractivity contribution in [2.24, 2.45) is 10.8 Å². The summed E-state index contributed by atoms with van der Waals surface area (Å²) in [6.45, 7) is 8.16. The van der Waals surface area contributed by atoms with Crippen LogP contribution in [0.1, 0.15) is 27.7 Å². The molecule has 0 aliphatic rings. The van der Waals surface area contributed by atoms with E-state index in [1.54, 1.807) is 6.92 Å². The zero-order valence-corrected chi connectivity index (χ0v) is 7.52. The molecule has 0 saturated heterocycles. The molecule has 0 aliphatic heterocycles. The molecule has 60 valence electrons. The van der Waals surface area contributed by atoms with Crippen LogP contribution in [0.2, 0.25) is 0 Å². The van der Waals surface area contributed by atoms with Crippen LogP contribution in [0, 0.1) is 0 Å². The summed E-state index contributed by atoms with van der Waals surface area (Å²) in [5, 5.41) is 5.24. The van der Waals surface area contributed by atoms with Crippen molar-refractivity contribution in [1.29, 1.82) is 0 Å². The van der Waals surface area contributed by atoms with Gasteiger partial charge in [0.25, 0.3) is 0 Å². The third-order valence-corrected chi connectivity index (χ3v) is 1.43. The van der Waals surface area contributed by atoms with Crippen molar-refractivity contribution in [3.05, 3.63) is 0 Å². The number of quaternary nitrogens is 1. The van der Waals surface area contributed by atoms with Crippen LogP contribution in [0.15, 0.2) is 5.10 Å². The molecule has 3 heteroatoms. The van der Waals surface area contributed by atoms with E-state index in [0.717, 1.165) is 5.01 Å². The van der Waals surface area contributed by atoms with Crippen LogP contribution >= 0.6 is 0 Å². The molecule has 0 amide bonds.